The number of carbonyl (C=O) groups excluding carboxylic acids is 1. The van der Waals surface area contributed by atoms with Crippen LogP contribution in [0.4, 0.5) is 0 Å². The standard InChI is InChI=1S/C18H23N3O2/c1-14-19-9-12-21(14)13-15-7-10-20(11-8-15)18(22)16-3-5-17(23-2)6-4-16/h3-6,9,12,15H,7-8,10-11,13H2,1-2H3. The highest BCUT2D eigenvalue weighted by Crippen LogP contribution is 2.22. The van der Waals surface area contributed by atoms with Crippen molar-refractivity contribution in [2.45, 2.75) is 26.3 Å². The maximum atomic E-state index is 12.5. The van der Waals surface area contributed by atoms with Crippen molar-refractivity contribution < 1.29 is 9.53 Å². The number of methoxy groups -OCH3 is 1. The maximum Gasteiger partial charge on any atom is 0.253 e. The van der Waals surface area contributed by atoms with Crippen LogP contribution in [0.15, 0.2) is 36.7 Å². The molecule has 0 unspecified atom stereocenters. The maximum absolute atomic E-state index is 12.5. The second kappa shape index (κ2) is 6.86. The fraction of sp³-hybridized carbons (Fsp3) is 0.444. The van der Waals surface area contributed by atoms with Crippen molar-refractivity contribution in [3.8, 4) is 5.75 Å². The van der Waals surface area contributed by atoms with Gasteiger partial charge < -0.3 is 14.2 Å². The van der Waals surface area contributed by atoms with Crippen LogP contribution < -0.4 is 4.74 Å². The summed E-state index contributed by atoms with van der Waals surface area (Å²) in [5.74, 6) is 2.56. The molecule has 0 saturated carbocycles. The lowest BCUT2D eigenvalue weighted by Crippen LogP contribution is -2.39. The number of nitrogens with zero attached hydrogens (tertiary/aromatic N) is 3. The van der Waals surface area contributed by atoms with Crippen molar-refractivity contribution >= 4 is 5.91 Å². The first-order valence-electron chi connectivity index (χ1n) is 8.08. The molecule has 1 amide bonds. The Morgan fingerprint density at radius 3 is 2.52 bits per heavy atom. The largest absolute Gasteiger partial charge is 0.497 e. The van der Waals surface area contributed by atoms with Crippen molar-refractivity contribution in [3.63, 3.8) is 0 Å². The van der Waals surface area contributed by atoms with Gasteiger partial charge >= 0.3 is 0 Å². The van der Waals surface area contributed by atoms with Crippen LogP contribution in [-0.2, 0) is 6.54 Å². The highest BCUT2D eigenvalue weighted by molar-refractivity contribution is 5.94. The third-order valence-corrected chi connectivity index (χ3v) is 4.62. The van der Waals surface area contributed by atoms with Gasteiger partial charge in [-0.15, -0.1) is 0 Å². The van der Waals surface area contributed by atoms with Crippen LogP contribution in [-0.4, -0.2) is 40.6 Å². The fourth-order valence-corrected chi connectivity index (χ4v) is 3.11. The SMILES string of the molecule is COc1ccc(C(=O)N2CCC(Cn3ccnc3C)CC2)cc1. The molecular formula is C18H23N3O2. The van der Waals surface area contributed by atoms with E-state index in [9.17, 15) is 4.79 Å². The summed E-state index contributed by atoms with van der Waals surface area (Å²) in [5.41, 5.74) is 0.731. The lowest BCUT2D eigenvalue weighted by atomic mass is 9.96. The van der Waals surface area contributed by atoms with E-state index in [1.165, 1.54) is 0 Å². The number of likely N-dealkylation sites (tertiary alicyclic amines) is 1. The van der Waals surface area contributed by atoms with Gasteiger partial charge in [-0.1, -0.05) is 0 Å². The molecule has 1 aromatic heterocycles. The van der Waals surface area contributed by atoms with E-state index in [0.29, 0.717) is 5.92 Å². The average molecular weight is 313 g/mol. The van der Waals surface area contributed by atoms with E-state index in [1.807, 2.05) is 48.5 Å². The summed E-state index contributed by atoms with van der Waals surface area (Å²) in [7, 11) is 1.63. The number of aromatic nitrogens is 2. The van der Waals surface area contributed by atoms with Gasteiger partial charge in [0.25, 0.3) is 5.91 Å². The molecule has 1 saturated heterocycles. The Morgan fingerprint density at radius 2 is 1.96 bits per heavy atom. The molecule has 122 valence electrons. The molecule has 0 spiro atoms. The van der Waals surface area contributed by atoms with E-state index in [4.69, 9.17) is 4.74 Å². The van der Waals surface area contributed by atoms with Gasteiger partial charge in [0.2, 0.25) is 0 Å². The number of ether oxygens (including phenoxy) is 1. The van der Waals surface area contributed by atoms with E-state index in [2.05, 4.69) is 9.55 Å². The minimum absolute atomic E-state index is 0.116. The molecule has 2 aromatic rings. The number of hydrogen-bond donors (Lipinski definition) is 0. The number of aryl methyl sites for hydroxylation is 1. The van der Waals surface area contributed by atoms with Crippen molar-refractivity contribution in [1.82, 2.24) is 14.5 Å². The van der Waals surface area contributed by atoms with Gasteiger partial charge in [0.1, 0.15) is 11.6 Å². The molecule has 1 aromatic carbocycles. The van der Waals surface area contributed by atoms with Gasteiger partial charge in [-0.05, 0) is 49.9 Å². The minimum Gasteiger partial charge on any atom is -0.497 e. The molecule has 0 radical (unpaired) electrons. The first kappa shape index (κ1) is 15.6. The van der Waals surface area contributed by atoms with E-state index in [-0.39, 0.29) is 5.91 Å². The van der Waals surface area contributed by atoms with E-state index in [0.717, 1.165) is 49.6 Å². The third kappa shape index (κ3) is 3.55. The van der Waals surface area contributed by atoms with Gasteiger partial charge in [0.15, 0.2) is 0 Å². The molecular weight excluding hydrogens is 290 g/mol. The van der Waals surface area contributed by atoms with Crippen LogP contribution in [0.25, 0.3) is 0 Å². The summed E-state index contributed by atoms with van der Waals surface area (Å²) in [6.07, 6.45) is 5.96. The molecule has 1 fully saturated rings. The summed E-state index contributed by atoms with van der Waals surface area (Å²) < 4.78 is 7.34. The molecule has 1 aliphatic rings. The van der Waals surface area contributed by atoms with Crippen LogP contribution in [0, 0.1) is 12.8 Å². The Bertz CT molecular complexity index is 655. The Balaban J connectivity index is 1.55. The molecule has 1 aliphatic heterocycles. The second-order valence-electron chi connectivity index (χ2n) is 6.09. The molecule has 23 heavy (non-hydrogen) atoms. The fourth-order valence-electron chi connectivity index (χ4n) is 3.11. The number of hydrogen-bond acceptors (Lipinski definition) is 3. The monoisotopic (exact) mass is 313 g/mol. The van der Waals surface area contributed by atoms with Crippen molar-refractivity contribution in [3.05, 3.63) is 48.0 Å². The van der Waals surface area contributed by atoms with Gasteiger partial charge in [0.05, 0.1) is 7.11 Å². The zero-order valence-electron chi connectivity index (χ0n) is 13.7. The van der Waals surface area contributed by atoms with Crippen LogP contribution in [0.3, 0.4) is 0 Å². The summed E-state index contributed by atoms with van der Waals surface area (Å²) >= 11 is 0. The smallest absolute Gasteiger partial charge is 0.253 e. The highest BCUT2D eigenvalue weighted by atomic mass is 16.5. The molecule has 0 aliphatic carbocycles. The first-order valence-corrected chi connectivity index (χ1v) is 8.08. The zero-order valence-corrected chi connectivity index (χ0v) is 13.7. The molecule has 0 atom stereocenters. The Labute approximate surface area is 136 Å². The normalized spacial score (nSPS) is 15.7. The predicted octanol–water partition coefficient (Wildman–Crippen LogP) is 2.75. The van der Waals surface area contributed by atoms with Crippen molar-refractivity contribution in [2.24, 2.45) is 5.92 Å². The van der Waals surface area contributed by atoms with Crippen LogP contribution >= 0.6 is 0 Å². The third-order valence-electron chi connectivity index (χ3n) is 4.62. The van der Waals surface area contributed by atoms with Gasteiger partial charge in [0, 0.05) is 37.6 Å². The number of benzene rings is 1. The number of piperidine rings is 1. The Kier molecular flexibility index (Phi) is 4.65. The van der Waals surface area contributed by atoms with Gasteiger partial charge in [-0.2, -0.15) is 0 Å². The number of imidazole rings is 1. The predicted molar refractivity (Wildman–Crippen MR) is 88.6 cm³/mol. The quantitative estimate of drug-likeness (QED) is 0.872. The van der Waals surface area contributed by atoms with Gasteiger partial charge in [-0.3, -0.25) is 4.79 Å². The first-order chi connectivity index (χ1) is 11.2. The topological polar surface area (TPSA) is 47.4 Å². The molecule has 3 rings (SSSR count). The number of carbonyl (C=O) groups is 1. The summed E-state index contributed by atoms with van der Waals surface area (Å²) in [4.78, 5) is 18.8. The zero-order chi connectivity index (χ0) is 16.2. The summed E-state index contributed by atoms with van der Waals surface area (Å²) in [6, 6.07) is 7.34. The number of amides is 1. The molecule has 5 heteroatoms. The van der Waals surface area contributed by atoms with Crippen LogP contribution in [0.1, 0.15) is 29.0 Å². The summed E-state index contributed by atoms with van der Waals surface area (Å²) in [6.45, 7) is 4.67. The Morgan fingerprint density at radius 1 is 1.26 bits per heavy atom. The number of rotatable bonds is 4. The van der Waals surface area contributed by atoms with Crippen LogP contribution in [0.2, 0.25) is 0 Å². The highest BCUT2D eigenvalue weighted by Gasteiger charge is 2.24. The van der Waals surface area contributed by atoms with E-state index >= 15 is 0 Å². The van der Waals surface area contributed by atoms with Crippen molar-refractivity contribution in [1.29, 1.82) is 0 Å². The lowest BCUT2D eigenvalue weighted by molar-refractivity contribution is 0.0682. The summed E-state index contributed by atoms with van der Waals surface area (Å²) in [5, 5.41) is 0. The van der Waals surface area contributed by atoms with E-state index in [1.54, 1.807) is 7.11 Å². The molecule has 0 bridgehead atoms. The minimum atomic E-state index is 0.116. The molecule has 0 N–H and O–H groups in total. The van der Waals surface area contributed by atoms with E-state index < -0.39 is 0 Å². The Hall–Kier alpha value is -2.30. The molecule has 5 nitrogen and oxygen atoms in total. The van der Waals surface area contributed by atoms with Crippen molar-refractivity contribution in [2.75, 3.05) is 20.2 Å². The van der Waals surface area contributed by atoms with Gasteiger partial charge in [-0.25, -0.2) is 4.98 Å². The van der Waals surface area contributed by atoms with Crippen LogP contribution in [0.5, 0.6) is 5.75 Å². The average Bonchev–Trinajstić information content (AvgIpc) is 3.00. The second-order valence-corrected chi connectivity index (χ2v) is 6.09. The molecule has 2 heterocycles. The lowest BCUT2D eigenvalue weighted by Gasteiger charge is -2.32.